The van der Waals surface area contributed by atoms with E-state index in [1.165, 1.54) is 0 Å². The molecule has 4 aliphatic rings. The molecule has 4 bridgehead atoms. The summed E-state index contributed by atoms with van der Waals surface area (Å²) in [5.41, 5.74) is 2.81. The highest BCUT2D eigenvalue weighted by Crippen LogP contribution is 2.38. The van der Waals surface area contributed by atoms with Crippen LogP contribution in [0.4, 0.5) is 0 Å². The summed E-state index contributed by atoms with van der Waals surface area (Å²) in [5.74, 6) is 0. The molecule has 6 rings (SSSR count). The van der Waals surface area contributed by atoms with Gasteiger partial charge in [-0.05, 0) is 17.7 Å². The highest BCUT2D eigenvalue weighted by atomic mass is 35.5. The first-order valence-corrected chi connectivity index (χ1v) is 10.2. The van der Waals surface area contributed by atoms with Gasteiger partial charge in [-0.25, -0.2) is 0 Å². The van der Waals surface area contributed by atoms with Crippen molar-refractivity contribution in [1.29, 1.82) is 0 Å². The third-order valence-electron chi connectivity index (χ3n) is 5.67. The molecule has 0 saturated carbocycles. The Morgan fingerprint density at radius 3 is 1.96 bits per heavy atom. The molecule has 0 unspecified atom stereocenters. The zero-order valence-corrected chi connectivity index (χ0v) is 16.9. The Labute approximate surface area is 174 Å². The Morgan fingerprint density at radius 1 is 0.821 bits per heavy atom. The Hall–Kier alpha value is -1.76. The van der Waals surface area contributed by atoms with Crippen LogP contribution in [0.1, 0.15) is 11.1 Å². The van der Waals surface area contributed by atoms with Gasteiger partial charge < -0.3 is 0 Å². The molecule has 7 heteroatoms. The average molecular weight is 414 g/mol. The van der Waals surface area contributed by atoms with Gasteiger partial charge in [0, 0.05) is 25.2 Å². The molecule has 0 atom stereocenters. The molecule has 4 saturated heterocycles. The Kier molecular flexibility index (Phi) is 4.73. The third-order valence-corrected chi connectivity index (χ3v) is 6.33. The summed E-state index contributed by atoms with van der Waals surface area (Å²) in [6.45, 7) is 6.15. The van der Waals surface area contributed by atoms with Gasteiger partial charge in [0.1, 0.15) is 0 Å². The molecular formula is C21H21Cl2N5. The molecule has 144 valence electrons. The van der Waals surface area contributed by atoms with Crippen LogP contribution in [0.3, 0.4) is 0 Å². The van der Waals surface area contributed by atoms with Gasteiger partial charge in [0.05, 0.1) is 47.4 Å². The van der Waals surface area contributed by atoms with Gasteiger partial charge in [0.2, 0.25) is 0 Å². The molecule has 0 radical (unpaired) electrons. The number of nitrogens with zero attached hydrogens (tertiary/aromatic N) is 5. The summed E-state index contributed by atoms with van der Waals surface area (Å²) in [5, 5.41) is 10.3. The molecule has 0 N–H and O–H groups in total. The number of hydrogen-bond acceptors (Lipinski definition) is 5. The molecule has 2 aromatic rings. The number of benzene rings is 2. The van der Waals surface area contributed by atoms with E-state index in [9.17, 15) is 0 Å². The lowest BCUT2D eigenvalue weighted by atomic mass is 9.74. The molecule has 0 aliphatic carbocycles. The molecular weight excluding hydrogens is 393 g/mol. The molecule has 0 aromatic heterocycles. The van der Waals surface area contributed by atoms with E-state index in [4.69, 9.17) is 28.3 Å². The first-order chi connectivity index (χ1) is 13.6. The maximum atomic E-state index is 6.27. The Bertz CT molecular complexity index is 886. The quantitative estimate of drug-likeness (QED) is 0.566. The standard InChI is InChI=1S/C21H21Cl2N5/c22-18-7-4-8-19(23)17(18)9-24-25-20(16-5-2-1-3-6-16)21-10-26-13-27(11-21)15-28(12-21)14-26/h1-9H,10-15H2/b24-9-,25-20?. The predicted octanol–water partition coefficient (Wildman–Crippen LogP) is 3.62. The molecule has 28 heavy (non-hydrogen) atoms. The van der Waals surface area contributed by atoms with Crippen LogP contribution < -0.4 is 0 Å². The van der Waals surface area contributed by atoms with Gasteiger partial charge in [-0.15, -0.1) is 0 Å². The minimum Gasteiger partial charge on any atom is -0.276 e. The summed E-state index contributed by atoms with van der Waals surface area (Å²) in [6, 6.07) is 15.8. The van der Waals surface area contributed by atoms with E-state index in [1.807, 2.05) is 24.3 Å². The van der Waals surface area contributed by atoms with E-state index in [1.54, 1.807) is 6.21 Å². The normalized spacial score (nSPS) is 31.6. The molecule has 0 spiro atoms. The van der Waals surface area contributed by atoms with Crippen molar-refractivity contribution in [2.24, 2.45) is 15.6 Å². The van der Waals surface area contributed by atoms with E-state index < -0.39 is 0 Å². The maximum Gasteiger partial charge on any atom is 0.0802 e. The largest absolute Gasteiger partial charge is 0.276 e. The zero-order valence-electron chi connectivity index (χ0n) is 15.4. The first-order valence-electron chi connectivity index (χ1n) is 9.41. The number of rotatable bonds is 4. The summed E-state index contributed by atoms with van der Waals surface area (Å²) in [4.78, 5) is 7.47. The predicted molar refractivity (Wildman–Crippen MR) is 114 cm³/mol. The number of hydrogen-bond donors (Lipinski definition) is 0. The van der Waals surface area contributed by atoms with Crippen molar-refractivity contribution in [2.75, 3.05) is 39.6 Å². The Balaban J connectivity index is 1.55. The topological polar surface area (TPSA) is 34.4 Å². The van der Waals surface area contributed by atoms with E-state index in [0.717, 1.165) is 50.9 Å². The highest BCUT2D eigenvalue weighted by molar-refractivity contribution is 6.38. The van der Waals surface area contributed by atoms with Crippen molar-refractivity contribution in [3.05, 3.63) is 69.7 Å². The van der Waals surface area contributed by atoms with Crippen molar-refractivity contribution in [1.82, 2.24) is 14.7 Å². The van der Waals surface area contributed by atoms with Gasteiger partial charge in [0.25, 0.3) is 0 Å². The maximum absolute atomic E-state index is 6.27. The lowest BCUT2D eigenvalue weighted by molar-refractivity contribution is -0.149. The fraction of sp³-hybridized carbons (Fsp3) is 0.333. The summed E-state index contributed by atoms with van der Waals surface area (Å²) < 4.78 is 0. The minimum atomic E-state index is -0.0439. The van der Waals surface area contributed by atoms with Gasteiger partial charge in [0.15, 0.2) is 0 Å². The van der Waals surface area contributed by atoms with Crippen molar-refractivity contribution < 1.29 is 0 Å². The SMILES string of the molecule is Clc1cccc(Cl)c1/C=N\N=C(c1ccccc1)C12CN3CN(CN(C3)C1)C2. The Morgan fingerprint density at radius 2 is 1.39 bits per heavy atom. The molecule has 4 heterocycles. The second-order valence-corrected chi connectivity index (χ2v) is 8.70. The lowest BCUT2D eigenvalue weighted by Crippen LogP contribution is -2.74. The molecule has 4 fully saturated rings. The molecule has 4 aliphatic heterocycles. The third kappa shape index (κ3) is 3.27. The first kappa shape index (κ1) is 18.3. The zero-order chi connectivity index (χ0) is 19.1. The molecule has 2 aromatic carbocycles. The van der Waals surface area contributed by atoms with Crippen LogP contribution in [0.5, 0.6) is 0 Å². The van der Waals surface area contributed by atoms with Crippen molar-refractivity contribution in [3.63, 3.8) is 0 Å². The lowest BCUT2D eigenvalue weighted by Gasteiger charge is -2.60. The van der Waals surface area contributed by atoms with Crippen molar-refractivity contribution >= 4 is 35.1 Å². The van der Waals surface area contributed by atoms with Gasteiger partial charge >= 0.3 is 0 Å². The van der Waals surface area contributed by atoms with E-state index in [-0.39, 0.29) is 5.41 Å². The van der Waals surface area contributed by atoms with Crippen LogP contribution >= 0.6 is 23.2 Å². The van der Waals surface area contributed by atoms with E-state index >= 15 is 0 Å². The van der Waals surface area contributed by atoms with Crippen molar-refractivity contribution in [3.8, 4) is 0 Å². The smallest absolute Gasteiger partial charge is 0.0802 e. The second kappa shape index (κ2) is 7.25. The monoisotopic (exact) mass is 413 g/mol. The summed E-state index contributed by atoms with van der Waals surface area (Å²) in [7, 11) is 0. The van der Waals surface area contributed by atoms with Crippen LogP contribution in [0.25, 0.3) is 0 Å². The second-order valence-electron chi connectivity index (χ2n) is 7.89. The van der Waals surface area contributed by atoms with Crippen LogP contribution in [-0.4, -0.2) is 66.3 Å². The highest BCUT2D eigenvalue weighted by Gasteiger charge is 2.51. The van der Waals surface area contributed by atoms with Crippen molar-refractivity contribution in [2.45, 2.75) is 0 Å². The molecule has 0 amide bonds. The van der Waals surface area contributed by atoms with Crippen LogP contribution in [0.2, 0.25) is 10.0 Å². The van der Waals surface area contributed by atoms with Gasteiger partial charge in [-0.3, -0.25) is 14.7 Å². The molecule has 5 nitrogen and oxygen atoms in total. The van der Waals surface area contributed by atoms with Gasteiger partial charge in [-0.2, -0.15) is 10.2 Å². The average Bonchev–Trinajstić information content (AvgIpc) is 2.66. The minimum absolute atomic E-state index is 0.0439. The summed E-state index contributed by atoms with van der Waals surface area (Å²) in [6.07, 6.45) is 1.66. The van der Waals surface area contributed by atoms with E-state index in [0.29, 0.717) is 15.6 Å². The van der Waals surface area contributed by atoms with Crippen LogP contribution in [-0.2, 0) is 0 Å². The van der Waals surface area contributed by atoms with Crippen LogP contribution in [0, 0.1) is 5.41 Å². The summed E-state index contributed by atoms with van der Waals surface area (Å²) >= 11 is 12.5. The fourth-order valence-corrected chi connectivity index (χ4v) is 5.28. The number of halogens is 2. The van der Waals surface area contributed by atoms with Gasteiger partial charge in [-0.1, -0.05) is 59.6 Å². The van der Waals surface area contributed by atoms with E-state index in [2.05, 4.69) is 44.1 Å². The van der Waals surface area contributed by atoms with Crippen LogP contribution in [0.15, 0.2) is 58.7 Å². The fourth-order valence-electron chi connectivity index (χ4n) is 4.79.